The van der Waals surface area contributed by atoms with Gasteiger partial charge in [-0.15, -0.1) is 0 Å². The Balaban J connectivity index is 1.93. The van der Waals surface area contributed by atoms with Crippen molar-refractivity contribution in [3.8, 4) is 28.6 Å². The maximum absolute atomic E-state index is 9.43. The number of ether oxygens (including phenoxy) is 3. The van der Waals surface area contributed by atoms with Gasteiger partial charge in [0.2, 0.25) is 6.79 Å². The van der Waals surface area contributed by atoms with Crippen LogP contribution in [0.25, 0.3) is 22.4 Å². The highest BCUT2D eigenvalue weighted by Crippen LogP contribution is 2.37. The molecule has 4 rings (SSSR count). The molecule has 0 atom stereocenters. The molecule has 6 heteroatoms. The lowest BCUT2D eigenvalue weighted by atomic mass is 10.2. The molecule has 0 saturated heterocycles. The summed E-state index contributed by atoms with van der Waals surface area (Å²) in [6.45, 7) is 0.699. The largest absolute Gasteiger partial charge is 0.497 e. The summed E-state index contributed by atoms with van der Waals surface area (Å²) in [4.78, 5) is 4.72. The van der Waals surface area contributed by atoms with Gasteiger partial charge in [-0.05, 0) is 12.1 Å². The van der Waals surface area contributed by atoms with Gasteiger partial charge in [0.25, 0.3) is 0 Å². The van der Waals surface area contributed by atoms with E-state index in [2.05, 4.69) is 0 Å². The van der Waals surface area contributed by atoms with E-state index in [1.165, 1.54) is 0 Å². The Kier molecular flexibility index (Phi) is 3.31. The molecule has 118 valence electrons. The highest BCUT2D eigenvalue weighted by Gasteiger charge is 2.19. The van der Waals surface area contributed by atoms with Gasteiger partial charge in [0, 0.05) is 24.2 Å². The average Bonchev–Trinajstić information content (AvgIpc) is 3.17. The zero-order valence-corrected chi connectivity index (χ0v) is 12.7. The molecule has 2 heterocycles. The summed E-state index contributed by atoms with van der Waals surface area (Å²) in [5.41, 5.74) is 2.64. The molecule has 0 bridgehead atoms. The Labute approximate surface area is 132 Å². The molecule has 0 aliphatic carbocycles. The number of methoxy groups -OCH3 is 1. The molecule has 23 heavy (non-hydrogen) atoms. The van der Waals surface area contributed by atoms with Crippen molar-refractivity contribution in [2.75, 3.05) is 20.5 Å². The molecular weight excluding hydrogens is 296 g/mol. The molecule has 2 aromatic carbocycles. The lowest BCUT2D eigenvalue weighted by Crippen LogP contribution is -2.04. The number of imidazole rings is 1. The van der Waals surface area contributed by atoms with E-state index in [-0.39, 0.29) is 13.4 Å². The Bertz CT molecular complexity index is 872. The molecule has 1 aliphatic heterocycles. The molecule has 1 aliphatic rings. The highest BCUT2D eigenvalue weighted by atomic mass is 16.7. The van der Waals surface area contributed by atoms with Crippen molar-refractivity contribution in [3.05, 3.63) is 36.4 Å². The number of aliphatic hydroxyl groups is 1. The molecule has 1 aromatic heterocycles. The zero-order valence-electron chi connectivity index (χ0n) is 12.7. The summed E-state index contributed by atoms with van der Waals surface area (Å²) < 4.78 is 18.1. The Morgan fingerprint density at radius 2 is 2.04 bits per heavy atom. The van der Waals surface area contributed by atoms with Crippen LogP contribution in [0.15, 0.2) is 36.4 Å². The Morgan fingerprint density at radius 3 is 2.83 bits per heavy atom. The van der Waals surface area contributed by atoms with Gasteiger partial charge < -0.3 is 23.9 Å². The fourth-order valence-electron chi connectivity index (χ4n) is 2.82. The number of hydrogen-bond acceptors (Lipinski definition) is 5. The summed E-state index contributed by atoms with van der Waals surface area (Å²) in [6, 6.07) is 11.5. The van der Waals surface area contributed by atoms with E-state index in [1.54, 1.807) is 7.11 Å². The molecule has 0 fully saturated rings. The third-order valence-corrected chi connectivity index (χ3v) is 3.89. The first-order valence-electron chi connectivity index (χ1n) is 7.35. The summed E-state index contributed by atoms with van der Waals surface area (Å²) in [7, 11) is 1.63. The second kappa shape index (κ2) is 5.48. The lowest BCUT2D eigenvalue weighted by Gasteiger charge is -2.09. The fourth-order valence-corrected chi connectivity index (χ4v) is 2.82. The third kappa shape index (κ3) is 2.27. The smallest absolute Gasteiger partial charge is 0.231 e. The first-order valence-corrected chi connectivity index (χ1v) is 7.35. The van der Waals surface area contributed by atoms with E-state index < -0.39 is 0 Å². The van der Waals surface area contributed by atoms with Crippen LogP contribution >= 0.6 is 0 Å². The molecule has 0 unspecified atom stereocenters. The van der Waals surface area contributed by atoms with Gasteiger partial charge >= 0.3 is 0 Å². The van der Waals surface area contributed by atoms with E-state index in [0.29, 0.717) is 18.0 Å². The van der Waals surface area contributed by atoms with E-state index in [4.69, 9.17) is 19.2 Å². The quantitative estimate of drug-likeness (QED) is 0.801. The van der Waals surface area contributed by atoms with Crippen LogP contribution < -0.4 is 14.2 Å². The predicted molar refractivity (Wildman–Crippen MR) is 84.9 cm³/mol. The van der Waals surface area contributed by atoms with Crippen LogP contribution in [0.2, 0.25) is 0 Å². The number of nitrogens with zero attached hydrogens (tertiary/aromatic N) is 2. The second-order valence-corrected chi connectivity index (χ2v) is 5.24. The lowest BCUT2D eigenvalue weighted by molar-refractivity contribution is 0.174. The van der Waals surface area contributed by atoms with Crippen molar-refractivity contribution in [1.29, 1.82) is 0 Å². The molecule has 0 radical (unpaired) electrons. The number of aromatic nitrogens is 2. The van der Waals surface area contributed by atoms with Crippen LogP contribution in [0.5, 0.6) is 17.2 Å². The number of hydrogen-bond donors (Lipinski definition) is 1. The van der Waals surface area contributed by atoms with Crippen LogP contribution in [-0.2, 0) is 6.54 Å². The monoisotopic (exact) mass is 312 g/mol. The van der Waals surface area contributed by atoms with Gasteiger partial charge in [0.1, 0.15) is 11.6 Å². The minimum Gasteiger partial charge on any atom is -0.497 e. The molecule has 0 spiro atoms. The van der Waals surface area contributed by atoms with Crippen LogP contribution in [0.3, 0.4) is 0 Å². The SMILES string of the molecule is COc1cccc(-c2nc3cc4c(cc3n2CCO)OCO4)c1. The van der Waals surface area contributed by atoms with Crippen molar-refractivity contribution in [1.82, 2.24) is 9.55 Å². The van der Waals surface area contributed by atoms with Crippen molar-refractivity contribution in [3.63, 3.8) is 0 Å². The van der Waals surface area contributed by atoms with E-state index >= 15 is 0 Å². The number of rotatable bonds is 4. The van der Waals surface area contributed by atoms with Gasteiger partial charge in [-0.25, -0.2) is 4.98 Å². The minimum atomic E-state index is 0.0247. The third-order valence-electron chi connectivity index (χ3n) is 3.89. The highest BCUT2D eigenvalue weighted by molar-refractivity contribution is 5.84. The first kappa shape index (κ1) is 13.9. The summed E-state index contributed by atoms with van der Waals surface area (Å²) in [6.07, 6.45) is 0. The fraction of sp³-hybridized carbons (Fsp3) is 0.235. The van der Waals surface area contributed by atoms with Gasteiger partial charge in [-0.3, -0.25) is 0 Å². The van der Waals surface area contributed by atoms with Crippen molar-refractivity contribution in [2.45, 2.75) is 6.54 Å². The molecule has 6 nitrogen and oxygen atoms in total. The molecular formula is C17H16N2O4. The maximum atomic E-state index is 9.43. The molecule has 0 saturated carbocycles. The average molecular weight is 312 g/mol. The van der Waals surface area contributed by atoms with Crippen LogP contribution in [0.1, 0.15) is 0 Å². The van der Waals surface area contributed by atoms with Gasteiger partial charge in [0.15, 0.2) is 11.5 Å². The number of aliphatic hydroxyl groups excluding tert-OH is 1. The van der Waals surface area contributed by atoms with Crippen molar-refractivity contribution in [2.24, 2.45) is 0 Å². The van der Waals surface area contributed by atoms with E-state index in [0.717, 1.165) is 28.2 Å². The van der Waals surface area contributed by atoms with E-state index in [1.807, 2.05) is 41.0 Å². The Hall–Kier alpha value is -2.73. The zero-order chi connectivity index (χ0) is 15.8. The summed E-state index contributed by atoms with van der Waals surface area (Å²) >= 11 is 0. The van der Waals surface area contributed by atoms with Crippen LogP contribution in [-0.4, -0.2) is 35.2 Å². The number of fused-ring (bicyclic) bond motifs is 2. The molecule has 1 N–H and O–H groups in total. The van der Waals surface area contributed by atoms with Crippen LogP contribution in [0, 0.1) is 0 Å². The topological polar surface area (TPSA) is 65.7 Å². The van der Waals surface area contributed by atoms with Crippen LogP contribution in [0.4, 0.5) is 0 Å². The second-order valence-electron chi connectivity index (χ2n) is 5.24. The number of benzene rings is 2. The summed E-state index contributed by atoms with van der Waals surface area (Å²) in [5.74, 6) is 2.94. The molecule has 3 aromatic rings. The minimum absolute atomic E-state index is 0.0247. The van der Waals surface area contributed by atoms with Gasteiger partial charge in [-0.2, -0.15) is 0 Å². The van der Waals surface area contributed by atoms with Gasteiger partial charge in [0.05, 0.1) is 24.8 Å². The first-order chi connectivity index (χ1) is 11.3. The summed E-state index contributed by atoms with van der Waals surface area (Å²) in [5, 5.41) is 9.43. The van der Waals surface area contributed by atoms with Gasteiger partial charge in [-0.1, -0.05) is 12.1 Å². The van der Waals surface area contributed by atoms with E-state index in [9.17, 15) is 5.11 Å². The Morgan fingerprint density at radius 1 is 1.22 bits per heavy atom. The molecule has 0 amide bonds. The standard InChI is InChI=1S/C17H16N2O4/c1-21-12-4-2-3-11(7-12)17-18-13-8-15-16(23-10-22-15)9-14(13)19(17)5-6-20/h2-4,7-9,20H,5-6,10H2,1H3. The maximum Gasteiger partial charge on any atom is 0.231 e. The predicted octanol–water partition coefficient (Wildman–Crippen LogP) is 2.43. The normalized spacial score (nSPS) is 12.8. The van der Waals surface area contributed by atoms with Crippen molar-refractivity contribution >= 4 is 11.0 Å². The van der Waals surface area contributed by atoms with Crippen molar-refractivity contribution < 1.29 is 19.3 Å².